The van der Waals surface area contributed by atoms with Crippen molar-refractivity contribution in [1.82, 2.24) is 20.2 Å². The summed E-state index contributed by atoms with van der Waals surface area (Å²) < 4.78 is 0. The third kappa shape index (κ3) is 13.2. The van der Waals surface area contributed by atoms with E-state index in [-0.39, 0.29) is 43.5 Å². The summed E-state index contributed by atoms with van der Waals surface area (Å²) >= 11 is 0. The van der Waals surface area contributed by atoms with Crippen LogP contribution in [0.2, 0.25) is 0 Å². The number of aliphatic hydroxyl groups excluding tert-OH is 2. The Bertz CT molecular complexity index is 2570. The number of urea groups is 1. The van der Waals surface area contributed by atoms with Crippen LogP contribution in [0.5, 0.6) is 0 Å². The summed E-state index contributed by atoms with van der Waals surface area (Å²) in [4.78, 5) is 58.2. The monoisotopic (exact) mass is 814 g/mol. The Kier molecular flexibility index (Phi) is 17.3. The highest BCUT2D eigenvalue weighted by atomic mass is 16.3. The zero-order valence-electron chi connectivity index (χ0n) is 35.9. The summed E-state index contributed by atoms with van der Waals surface area (Å²) in [6.45, 7) is 17.5. The van der Waals surface area contributed by atoms with Gasteiger partial charge in [-0.2, -0.15) is 4.99 Å². The van der Waals surface area contributed by atoms with Gasteiger partial charge in [0, 0.05) is 36.4 Å². The number of hydrogen-bond donors (Lipinski definition) is 6. The molecule has 0 aliphatic heterocycles. The van der Waals surface area contributed by atoms with Crippen molar-refractivity contribution >= 4 is 45.3 Å². The van der Waals surface area contributed by atoms with E-state index < -0.39 is 0 Å². The predicted octanol–water partition coefficient (Wildman–Crippen LogP) is 8.30. The van der Waals surface area contributed by atoms with Crippen molar-refractivity contribution in [2.75, 3.05) is 31.6 Å². The van der Waals surface area contributed by atoms with Crippen LogP contribution in [0.25, 0.3) is 21.8 Å². The second-order valence-corrected chi connectivity index (χ2v) is 15.5. The molecule has 0 saturated heterocycles. The number of fused-ring (bicyclic) bond motifs is 2. The van der Waals surface area contributed by atoms with Crippen LogP contribution in [-0.2, 0) is 17.9 Å². The van der Waals surface area contributed by atoms with Crippen LogP contribution in [0.15, 0.2) is 99.5 Å². The van der Waals surface area contributed by atoms with Crippen LogP contribution in [-0.4, -0.2) is 63.5 Å². The molecule has 0 fully saturated rings. The van der Waals surface area contributed by atoms with Gasteiger partial charge in [-0.15, -0.1) is 0 Å². The second kappa shape index (κ2) is 22.3. The minimum Gasteiger partial charge on any atom is -0.395 e. The molecule has 12 heteroatoms. The Labute approximate surface area is 351 Å². The number of carbonyl (C=O) groups excluding carboxylic acids is 2. The van der Waals surface area contributed by atoms with Gasteiger partial charge < -0.3 is 35.7 Å². The molecule has 6 aromatic rings. The molecule has 6 N–H and O–H groups in total. The second-order valence-electron chi connectivity index (χ2n) is 15.5. The molecule has 12 nitrogen and oxygen atoms in total. The minimum absolute atomic E-state index is 0.0695. The quantitative estimate of drug-likeness (QED) is 0.0409. The molecule has 0 aliphatic rings. The van der Waals surface area contributed by atoms with Gasteiger partial charge in [0.1, 0.15) is 0 Å². The summed E-state index contributed by atoms with van der Waals surface area (Å²) in [7, 11) is 0. The van der Waals surface area contributed by atoms with E-state index in [4.69, 9.17) is 5.11 Å². The Morgan fingerprint density at radius 1 is 0.733 bits per heavy atom. The first-order valence-electron chi connectivity index (χ1n) is 20.2. The molecule has 0 atom stereocenters. The molecule has 2 heterocycles. The number of aliphatic imine (C=N–C) groups is 1. The number of isocyanates is 1. The third-order valence-corrected chi connectivity index (χ3v) is 9.88. The van der Waals surface area contributed by atoms with Crippen LogP contribution in [0.3, 0.4) is 0 Å². The molecule has 4 aromatic carbocycles. The normalized spacial score (nSPS) is 10.8. The average Bonchev–Trinajstić information content (AvgIpc) is 3.19. The Hall–Kier alpha value is -6.17. The van der Waals surface area contributed by atoms with E-state index in [1.54, 1.807) is 6.07 Å². The highest BCUT2D eigenvalue weighted by Crippen LogP contribution is 2.22. The van der Waals surface area contributed by atoms with Crippen LogP contribution >= 0.6 is 0 Å². The van der Waals surface area contributed by atoms with E-state index in [1.165, 1.54) is 22.1 Å². The van der Waals surface area contributed by atoms with Gasteiger partial charge in [0.25, 0.3) is 11.1 Å². The summed E-state index contributed by atoms with van der Waals surface area (Å²) in [5.74, 6) is 0.810. The molecule has 0 radical (unpaired) electrons. The van der Waals surface area contributed by atoms with Crippen LogP contribution in [0.4, 0.5) is 16.2 Å². The van der Waals surface area contributed by atoms with Gasteiger partial charge >= 0.3 is 6.03 Å². The molecule has 6 rings (SSSR count). The molecule has 0 aliphatic carbocycles. The molecule has 0 bridgehead atoms. The molecular weight excluding hydrogens is 757 g/mol. The summed E-state index contributed by atoms with van der Waals surface area (Å²) in [5.41, 5.74) is 10.6. The molecule has 0 spiro atoms. The van der Waals surface area contributed by atoms with Crippen molar-refractivity contribution in [2.45, 2.75) is 80.3 Å². The lowest BCUT2D eigenvalue weighted by Crippen LogP contribution is -2.38. The maximum Gasteiger partial charge on any atom is 0.322 e. The average molecular weight is 815 g/mol. The lowest BCUT2D eigenvalue weighted by Gasteiger charge is -2.22. The van der Waals surface area contributed by atoms with Crippen molar-refractivity contribution in [3.63, 3.8) is 0 Å². The van der Waals surface area contributed by atoms with Crippen LogP contribution in [0, 0.1) is 27.7 Å². The number of hydrogen-bond acceptors (Lipinski definition) is 8. The smallest absolute Gasteiger partial charge is 0.322 e. The number of amides is 2. The Morgan fingerprint density at radius 2 is 1.28 bits per heavy atom. The number of aromatic amines is 2. The number of H-pyrrole nitrogens is 2. The predicted molar refractivity (Wildman–Crippen MR) is 242 cm³/mol. The van der Waals surface area contributed by atoms with Gasteiger partial charge in [0.2, 0.25) is 6.08 Å². The van der Waals surface area contributed by atoms with Crippen molar-refractivity contribution in [2.24, 2.45) is 4.99 Å². The first-order valence-corrected chi connectivity index (χ1v) is 20.2. The number of anilines is 1. The number of aryl methyl sites for hydroxylation is 4. The maximum absolute atomic E-state index is 12.9. The first-order chi connectivity index (χ1) is 28.6. The largest absolute Gasteiger partial charge is 0.395 e. The van der Waals surface area contributed by atoms with Crippen molar-refractivity contribution < 1.29 is 19.8 Å². The highest BCUT2D eigenvalue weighted by molar-refractivity contribution is 5.89. The molecule has 2 aromatic heterocycles. The highest BCUT2D eigenvalue weighted by Gasteiger charge is 2.17. The molecule has 316 valence electrons. The molecular formula is C48H58N6O6. The number of nitrogens with one attached hydrogen (secondary N) is 4. The number of nitrogens with zero attached hydrogens (tertiary/aromatic N) is 2. The van der Waals surface area contributed by atoms with Gasteiger partial charge in [-0.05, 0) is 121 Å². The van der Waals surface area contributed by atoms with E-state index in [0.29, 0.717) is 47.4 Å². The SMILES string of the molecule is CC(C)c1cccc(N=C=O)c1.Cc1cc(C)c2[nH]c(=O)c(CN(CCO)C(=O)Nc3cccc(C(C)C)c3)cc2c1.Cc1cc(C)c2[nH]c(=O)c(CNCCO)cc2c1. The lowest BCUT2D eigenvalue weighted by atomic mass is 10.0. The number of aromatic nitrogens is 2. The maximum atomic E-state index is 12.9. The number of benzene rings is 4. The fourth-order valence-corrected chi connectivity index (χ4v) is 6.78. The fraction of sp³-hybridized carbons (Fsp3) is 0.333. The van der Waals surface area contributed by atoms with E-state index in [1.807, 2.05) is 94.4 Å². The van der Waals surface area contributed by atoms with Gasteiger partial charge in [0.15, 0.2) is 0 Å². The molecule has 2 amide bonds. The lowest BCUT2D eigenvalue weighted by molar-refractivity contribution is 0.185. The van der Waals surface area contributed by atoms with Crippen LogP contribution in [0.1, 0.15) is 84.0 Å². The van der Waals surface area contributed by atoms with E-state index in [9.17, 15) is 24.3 Å². The number of aliphatic hydroxyl groups is 2. The van der Waals surface area contributed by atoms with Crippen LogP contribution < -0.4 is 21.8 Å². The van der Waals surface area contributed by atoms with Gasteiger partial charge in [0.05, 0.1) is 36.5 Å². The van der Waals surface area contributed by atoms with Gasteiger partial charge in [-0.1, -0.05) is 75.2 Å². The fourth-order valence-electron chi connectivity index (χ4n) is 6.78. The third-order valence-electron chi connectivity index (χ3n) is 9.88. The summed E-state index contributed by atoms with van der Waals surface area (Å²) in [6, 6.07) is 26.8. The van der Waals surface area contributed by atoms with E-state index >= 15 is 0 Å². The van der Waals surface area contributed by atoms with Crippen molar-refractivity contribution in [3.05, 3.63) is 150 Å². The summed E-state index contributed by atoms with van der Waals surface area (Å²) in [5, 5.41) is 26.0. The first kappa shape index (κ1) is 46.5. The topological polar surface area (TPSA) is 180 Å². The number of carbonyl (C=O) groups is 1. The number of pyridine rings is 2. The number of rotatable bonds is 12. The molecule has 0 saturated carbocycles. The minimum atomic E-state index is -0.357. The Morgan fingerprint density at radius 3 is 1.83 bits per heavy atom. The zero-order valence-corrected chi connectivity index (χ0v) is 35.9. The van der Waals surface area contributed by atoms with Crippen molar-refractivity contribution in [1.29, 1.82) is 0 Å². The standard InChI is InChI=1S/C24H29N3O3.C14H18N2O2.C10H11NO/c1-15(2)18-6-5-7-21(13-18)25-24(30)27(8-9-28)14-20-12-19-11-16(3)10-17(4)22(19)26-23(20)29;1-9-5-10(2)13-11(6-9)7-12(14(18)16-13)8-15-3-4-17;1-8(2)9-4-3-5-10(6-9)11-7-12/h5-7,10-13,15,28H,8-9,14H2,1-4H3,(H,25,30)(H,26,29);5-7,15,17H,3-4,8H2,1-2H3,(H,16,18);3-6,8H,1-2H3. The van der Waals surface area contributed by atoms with E-state index in [2.05, 4.69) is 65.4 Å². The molecule has 0 unspecified atom stereocenters. The van der Waals surface area contributed by atoms with Gasteiger partial charge in [-0.25, -0.2) is 9.59 Å². The molecule has 60 heavy (non-hydrogen) atoms. The van der Waals surface area contributed by atoms with E-state index in [0.717, 1.165) is 44.1 Å². The Balaban J connectivity index is 0.000000223. The summed E-state index contributed by atoms with van der Waals surface area (Å²) in [6.07, 6.45) is 1.53. The van der Waals surface area contributed by atoms with Gasteiger partial charge in [-0.3, -0.25) is 9.59 Å². The zero-order chi connectivity index (χ0) is 43.9. The van der Waals surface area contributed by atoms with Crippen molar-refractivity contribution in [3.8, 4) is 0 Å².